The smallest absolute Gasteiger partial charge is 0.306 e. The number of amides is 1. The second-order valence-corrected chi connectivity index (χ2v) is 7.53. The average Bonchev–Trinajstić information content (AvgIpc) is 2.82. The maximum absolute atomic E-state index is 12.5. The van der Waals surface area contributed by atoms with Crippen LogP contribution in [0.3, 0.4) is 0 Å². The Morgan fingerprint density at radius 3 is 2.35 bits per heavy atom. The fourth-order valence-corrected chi connectivity index (χ4v) is 3.52. The van der Waals surface area contributed by atoms with Gasteiger partial charge in [-0.15, -0.1) is 0 Å². The van der Waals surface area contributed by atoms with Crippen molar-refractivity contribution < 1.29 is 19.1 Å². The maximum atomic E-state index is 12.5. The van der Waals surface area contributed by atoms with E-state index < -0.39 is 0 Å². The molecule has 0 aliphatic carbocycles. The van der Waals surface area contributed by atoms with Crippen LogP contribution in [-0.2, 0) is 25.6 Å². The van der Waals surface area contributed by atoms with E-state index >= 15 is 0 Å². The molecule has 1 aliphatic rings. The van der Waals surface area contributed by atoms with Crippen LogP contribution in [-0.4, -0.2) is 63.3 Å². The van der Waals surface area contributed by atoms with Crippen LogP contribution in [0.2, 0.25) is 0 Å². The van der Waals surface area contributed by atoms with E-state index in [-0.39, 0.29) is 11.9 Å². The Morgan fingerprint density at radius 1 is 1.00 bits per heavy atom. The third-order valence-electron chi connectivity index (χ3n) is 5.29. The van der Waals surface area contributed by atoms with Crippen molar-refractivity contribution in [2.75, 3.05) is 56.7 Å². The number of morpholine rings is 1. The lowest BCUT2D eigenvalue weighted by atomic mass is 10.2. The fraction of sp³-hybridized carbons (Fsp3) is 0.417. The summed E-state index contributed by atoms with van der Waals surface area (Å²) in [5, 5.41) is 2.97. The highest BCUT2D eigenvalue weighted by Gasteiger charge is 2.13. The molecule has 0 atom stereocenters. The van der Waals surface area contributed by atoms with Crippen molar-refractivity contribution in [2.24, 2.45) is 0 Å². The molecular formula is C24H31N3O4. The number of nitrogens with zero attached hydrogens (tertiary/aromatic N) is 2. The van der Waals surface area contributed by atoms with Gasteiger partial charge < -0.3 is 19.7 Å². The Morgan fingerprint density at radius 2 is 1.68 bits per heavy atom. The van der Waals surface area contributed by atoms with E-state index in [0.29, 0.717) is 32.5 Å². The number of methoxy groups -OCH3 is 1. The first-order chi connectivity index (χ1) is 15.1. The minimum Gasteiger partial charge on any atom is -0.469 e. The third-order valence-corrected chi connectivity index (χ3v) is 5.29. The first kappa shape index (κ1) is 22.8. The van der Waals surface area contributed by atoms with Gasteiger partial charge in [-0.2, -0.15) is 0 Å². The summed E-state index contributed by atoms with van der Waals surface area (Å²) in [6.07, 6.45) is 0.646. The SMILES string of the molecule is COC(=O)CCN(CCC(=O)Nc1ccc(N2CCOCC2)cc1)Cc1ccccc1. The molecule has 0 radical (unpaired) electrons. The van der Waals surface area contributed by atoms with E-state index in [0.717, 1.165) is 43.2 Å². The molecule has 2 aromatic rings. The van der Waals surface area contributed by atoms with Crippen LogP contribution >= 0.6 is 0 Å². The Hall–Kier alpha value is -2.90. The molecule has 166 valence electrons. The molecule has 1 aliphatic heterocycles. The predicted molar refractivity (Wildman–Crippen MR) is 121 cm³/mol. The quantitative estimate of drug-likeness (QED) is 0.590. The molecule has 1 N–H and O–H groups in total. The highest BCUT2D eigenvalue weighted by atomic mass is 16.5. The summed E-state index contributed by atoms with van der Waals surface area (Å²) in [6, 6.07) is 18.0. The second kappa shape index (κ2) is 12.1. The fourth-order valence-electron chi connectivity index (χ4n) is 3.52. The summed E-state index contributed by atoms with van der Waals surface area (Å²) in [5.74, 6) is -0.293. The van der Waals surface area contributed by atoms with Crippen molar-refractivity contribution >= 4 is 23.3 Å². The zero-order valence-corrected chi connectivity index (χ0v) is 18.1. The number of nitrogens with one attached hydrogen (secondary N) is 1. The molecule has 7 nitrogen and oxygen atoms in total. The van der Waals surface area contributed by atoms with E-state index in [1.807, 2.05) is 54.6 Å². The molecule has 1 amide bonds. The van der Waals surface area contributed by atoms with E-state index in [4.69, 9.17) is 9.47 Å². The van der Waals surface area contributed by atoms with E-state index in [1.165, 1.54) is 7.11 Å². The van der Waals surface area contributed by atoms with Gasteiger partial charge in [-0.1, -0.05) is 30.3 Å². The normalized spacial score (nSPS) is 13.8. The monoisotopic (exact) mass is 425 g/mol. The van der Waals surface area contributed by atoms with Gasteiger partial charge in [0.1, 0.15) is 0 Å². The molecule has 1 heterocycles. The molecule has 0 bridgehead atoms. The first-order valence-corrected chi connectivity index (χ1v) is 10.7. The van der Waals surface area contributed by atoms with Crippen molar-refractivity contribution in [3.8, 4) is 0 Å². The van der Waals surface area contributed by atoms with Gasteiger partial charge in [-0.3, -0.25) is 14.5 Å². The molecule has 3 rings (SSSR count). The number of hydrogen-bond acceptors (Lipinski definition) is 6. The standard InChI is InChI=1S/C24H31N3O4/c1-30-24(29)12-14-26(19-20-5-3-2-4-6-20)13-11-23(28)25-21-7-9-22(10-8-21)27-15-17-31-18-16-27/h2-10H,11-19H2,1H3,(H,25,28). The predicted octanol–water partition coefficient (Wildman–Crippen LogP) is 2.92. The number of hydrogen-bond donors (Lipinski definition) is 1. The Balaban J connectivity index is 1.50. The summed E-state index contributed by atoms with van der Waals surface area (Å²) in [4.78, 5) is 28.4. The third kappa shape index (κ3) is 7.70. The molecule has 0 spiro atoms. The molecule has 0 saturated carbocycles. The van der Waals surface area contributed by atoms with Crippen molar-refractivity contribution in [1.82, 2.24) is 4.90 Å². The molecular weight excluding hydrogens is 394 g/mol. The van der Waals surface area contributed by atoms with Gasteiger partial charge in [-0.05, 0) is 29.8 Å². The summed E-state index contributed by atoms with van der Waals surface area (Å²) in [7, 11) is 1.39. The first-order valence-electron chi connectivity index (χ1n) is 10.7. The highest BCUT2D eigenvalue weighted by Crippen LogP contribution is 2.19. The van der Waals surface area contributed by atoms with Crippen LogP contribution in [0.1, 0.15) is 18.4 Å². The number of ether oxygens (including phenoxy) is 2. The number of carbonyl (C=O) groups is 2. The highest BCUT2D eigenvalue weighted by molar-refractivity contribution is 5.91. The van der Waals surface area contributed by atoms with E-state index in [9.17, 15) is 9.59 Å². The topological polar surface area (TPSA) is 71.1 Å². The van der Waals surface area contributed by atoms with Crippen LogP contribution in [0.15, 0.2) is 54.6 Å². The minimum atomic E-state index is -0.247. The van der Waals surface area contributed by atoms with Gasteiger partial charge in [0, 0.05) is 50.5 Å². The van der Waals surface area contributed by atoms with Crippen molar-refractivity contribution in [3.63, 3.8) is 0 Å². The molecule has 31 heavy (non-hydrogen) atoms. The zero-order valence-electron chi connectivity index (χ0n) is 18.1. The van der Waals surface area contributed by atoms with Crippen LogP contribution < -0.4 is 10.2 Å². The lowest BCUT2D eigenvalue weighted by Gasteiger charge is -2.28. The molecule has 2 aromatic carbocycles. The van der Waals surface area contributed by atoms with Gasteiger partial charge in [0.25, 0.3) is 0 Å². The summed E-state index contributed by atoms with van der Waals surface area (Å²) in [5.41, 5.74) is 3.07. The summed E-state index contributed by atoms with van der Waals surface area (Å²) >= 11 is 0. The number of carbonyl (C=O) groups excluding carboxylic acids is 2. The lowest BCUT2D eigenvalue weighted by molar-refractivity contribution is -0.141. The van der Waals surface area contributed by atoms with Gasteiger partial charge in [0.2, 0.25) is 5.91 Å². The van der Waals surface area contributed by atoms with E-state index in [1.54, 1.807) is 0 Å². The van der Waals surface area contributed by atoms with Crippen LogP contribution in [0.5, 0.6) is 0 Å². The molecule has 0 aromatic heterocycles. The van der Waals surface area contributed by atoms with Crippen molar-refractivity contribution in [3.05, 3.63) is 60.2 Å². The van der Waals surface area contributed by atoms with Gasteiger partial charge in [0.15, 0.2) is 0 Å². The second-order valence-electron chi connectivity index (χ2n) is 7.53. The Kier molecular flexibility index (Phi) is 8.87. The number of rotatable bonds is 10. The van der Waals surface area contributed by atoms with Gasteiger partial charge in [0.05, 0.1) is 26.7 Å². The number of anilines is 2. The zero-order chi connectivity index (χ0) is 21.9. The Labute approximate surface area is 183 Å². The number of benzene rings is 2. The molecule has 1 fully saturated rings. The average molecular weight is 426 g/mol. The van der Waals surface area contributed by atoms with Crippen molar-refractivity contribution in [2.45, 2.75) is 19.4 Å². The molecule has 7 heteroatoms. The summed E-state index contributed by atoms with van der Waals surface area (Å²) < 4.78 is 10.1. The maximum Gasteiger partial charge on any atom is 0.306 e. The van der Waals surface area contributed by atoms with Gasteiger partial charge in [-0.25, -0.2) is 0 Å². The van der Waals surface area contributed by atoms with Crippen LogP contribution in [0.4, 0.5) is 11.4 Å². The van der Waals surface area contributed by atoms with Crippen LogP contribution in [0, 0.1) is 0 Å². The van der Waals surface area contributed by atoms with Crippen molar-refractivity contribution in [1.29, 1.82) is 0 Å². The van der Waals surface area contributed by atoms with Gasteiger partial charge >= 0.3 is 5.97 Å². The molecule has 1 saturated heterocycles. The molecule has 0 unspecified atom stereocenters. The van der Waals surface area contributed by atoms with Crippen LogP contribution in [0.25, 0.3) is 0 Å². The summed E-state index contributed by atoms with van der Waals surface area (Å²) in [6.45, 7) is 5.04. The van der Waals surface area contributed by atoms with E-state index in [2.05, 4.69) is 15.1 Å². The largest absolute Gasteiger partial charge is 0.469 e. The Bertz CT molecular complexity index is 820. The minimum absolute atomic E-state index is 0.0461. The number of esters is 1. The lowest BCUT2D eigenvalue weighted by Crippen LogP contribution is -2.36.